The molecular formula is C15H25N3O2. The summed E-state index contributed by atoms with van der Waals surface area (Å²) in [5, 5.41) is 0. The predicted molar refractivity (Wildman–Crippen MR) is 75.9 cm³/mol. The number of likely N-dealkylation sites (tertiary alicyclic amines) is 2. The average molecular weight is 279 g/mol. The zero-order valence-corrected chi connectivity index (χ0v) is 12.1. The van der Waals surface area contributed by atoms with Crippen molar-refractivity contribution in [2.45, 2.75) is 57.0 Å². The van der Waals surface area contributed by atoms with Crippen LogP contribution in [0.2, 0.25) is 0 Å². The van der Waals surface area contributed by atoms with E-state index in [9.17, 15) is 9.59 Å². The Bertz CT molecular complexity index is 387. The Morgan fingerprint density at radius 3 is 2.20 bits per heavy atom. The van der Waals surface area contributed by atoms with Crippen molar-refractivity contribution in [1.29, 1.82) is 0 Å². The second kappa shape index (κ2) is 5.72. The molecule has 0 bridgehead atoms. The van der Waals surface area contributed by atoms with Gasteiger partial charge < -0.3 is 15.5 Å². The molecule has 1 aliphatic carbocycles. The van der Waals surface area contributed by atoms with E-state index < -0.39 is 11.8 Å². The summed E-state index contributed by atoms with van der Waals surface area (Å²) in [6.45, 7) is 3.00. The van der Waals surface area contributed by atoms with Crippen molar-refractivity contribution in [3.8, 4) is 0 Å². The van der Waals surface area contributed by atoms with Crippen LogP contribution in [-0.4, -0.2) is 53.3 Å². The van der Waals surface area contributed by atoms with Gasteiger partial charge in [0, 0.05) is 31.7 Å². The smallest absolute Gasteiger partial charge is 0.235 e. The van der Waals surface area contributed by atoms with Gasteiger partial charge >= 0.3 is 0 Å². The Labute approximate surface area is 120 Å². The Balaban J connectivity index is 1.56. The Morgan fingerprint density at radius 1 is 0.950 bits per heavy atom. The van der Waals surface area contributed by atoms with Crippen LogP contribution in [0.3, 0.4) is 0 Å². The van der Waals surface area contributed by atoms with Gasteiger partial charge in [-0.3, -0.25) is 9.59 Å². The highest BCUT2D eigenvalue weighted by atomic mass is 16.2. The van der Waals surface area contributed by atoms with Crippen molar-refractivity contribution in [3.05, 3.63) is 0 Å². The second-order valence-electron chi connectivity index (χ2n) is 6.48. The number of rotatable bonds is 3. The molecule has 0 aromatic rings. The molecule has 112 valence electrons. The van der Waals surface area contributed by atoms with E-state index in [1.54, 1.807) is 0 Å². The van der Waals surface area contributed by atoms with E-state index in [2.05, 4.69) is 4.90 Å². The van der Waals surface area contributed by atoms with Gasteiger partial charge in [-0.1, -0.05) is 6.42 Å². The van der Waals surface area contributed by atoms with Crippen molar-refractivity contribution in [2.75, 3.05) is 19.6 Å². The van der Waals surface area contributed by atoms with E-state index in [1.165, 1.54) is 19.3 Å². The average Bonchev–Trinajstić information content (AvgIpc) is 2.38. The summed E-state index contributed by atoms with van der Waals surface area (Å²) in [6.07, 6.45) is 7.69. The quantitative estimate of drug-likeness (QED) is 0.774. The lowest BCUT2D eigenvalue weighted by molar-refractivity contribution is -0.147. The maximum Gasteiger partial charge on any atom is 0.235 e. The first-order chi connectivity index (χ1) is 9.66. The van der Waals surface area contributed by atoms with Gasteiger partial charge in [0.05, 0.1) is 0 Å². The molecule has 2 aliphatic heterocycles. The van der Waals surface area contributed by atoms with Crippen LogP contribution in [0.4, 0.5) is 0 Å². The molecule has 0 radical (unpaired) electrons. The zero-order valence-electron chi connectivity index (χ0n) is 12.1. The maximum absolute atomic E-state index is 12.4. The van der Waals surface area contributed by atoms with Crippen LogP contribution >= 0.6 is 0 Å². The topological polar surface area (TPSA) is 66.6 Å². The van der Waals surface area contributed by atoms with Crippen molar-refractivity contribution < 1.29 is 9.59 Å². The zero-order chi connectivity index (χ0) is 14.1. The highest BCUT2D eigenvalue weighted by Gasteiger charge is 2.38. The summed E-state index contributed by atoms with van der Waals surface area (Å²) in [5.41, 5.74) is 5.34. The number of primary amides is 1. The van der Waals surface area contributed by atoms with Gasteiger partial charge in [0.1, 0.15) is 5.92 Å². The number of nitrogens with zero attached hydrogens (tertiary/aromatic N) is 2. The Kier molecular flexibility index (Phi) is 3.96. The third kappa shape index (κ3) is 2.55. The monoisotopic (exact) mass is 279 g/mol. The molecule has 5 nitrogen and oxygen atoms in total. The van der Waals surface area contributed by atoms with E-state index in [1.807, 2.05) is 4.90 Å². The van der Waals surface area contributed by atoms with E-state index in [0.29, 0.717) is 12.5 Å². The standard InChI is InChI=1S/C15H25N3O2/c16-14(19)13-5-2-8-18(15(13)20)12-6-9-17(10-7-12)11-3-1-4-11/h11-13H,1-10H2,(H2,16,19). The van der Waals surface area contributed by atoms with Gasteiger partial charge in [-0.2, -0.15) is 0 Å². The van der Waals surface area contributed by atoms with Gasteiger partial charge in [-0.25, -0.2) is 0 Å². The number of piperidine rings is 2. The number of hydrogen-bond acceptors (Lipinski definition) is 3. The number of nitrogens with two attached hydrogens (primary N) is 1. The lowest BCUT2D eigenvalue weighted by Crippen LogP contribution is -2.55. The molecular weight excluding hydrogens is 254 g/mol. The van der Waals surface area contributed by atoms with Crippen LogP contribution in [0.25, 0.3) is 0 Å². The van der Waals surface area contributed by atoms with Gasteiger partial charge in [0.25, 0.3) is 0 Å². The van der Waals surface area contributed by atoms with E-state index >= 15 is 0 Å². The fraction of sp³-hybridized carbons (Fsp3) is 0.867. The van der Waals surface area contributed by atoms with Crippen LogP contribution in [0.15, 0.2) is 0 Å². The summed E-state index contributed by atoms with van der Waals surface area (Å²) in [7, 11) is 0. The maximum atomic E-state index is 12.4. The highest BCUT2D eigenvalue weighted by Crippen LogP contribution is 2.30. The van der Waals surface area contributed by atoms with E-state index in [0.717, 1.165) is 44.9 Å². The third-order valence-corrected chi connectivity index (χ3v) is 5.35. The second-order valence-corrected chi connectivity index (χ2v) is 6.48. The first-order valence-electron chi connectivity index (χ1n) is 8.00. The molecule has 3 aliphatic rings. The van der Waals surface area contributed by atoms with Crippen LogP contribution in [-0.2, 0) is 9.59 Å². The third-order valence-electron chi connectivity index (χ3n) is 5.35. The van der Waals surface area contributed by atoms with Crippen molar-refractivity contribution in [3.63, 3.8) is 0 Å². The molecule has 1 saturated carbocycles. The first kappa shape index (κ1) is 13.9. The molecule has 2 saturated heterocycles. The molecule has 1 unspecified atom stereocenters. The molecule has 1 atom stereocenters. The molecule has 0 spiro atoms. The van der Waals surface area contributed by atoms with E-state index in [-0.39, 0.29) is 5.91 Å². The van der Waals surface area contributed by atoms with Crippen LogP contribution in [0.1, 0.15) is 44.9 Å². The van der Waals surface area contributed by atoms with Crippen LogP contribution < -0.4 is 5.73 Å². The molecule has 0 aromatic heterocycles. The summed E-state index contributed by atoms with van der Waals surface area (Å²) >= 11 is 0. The lowest BCUT2D eigenvalue weighted by Gasteiger charge is -2.45. The number of amides is 2. The summed E-state index contributed by atoms with van der Waals surface area (Å²) in [6, 6.07) is 1.12. The number of hydrogen-bond donors (Lipinski definition) is 1. The highest BCUT2D eigenvalue weighted by molar-refractivity contribution is 6.00. The normalized spacial score (nSPS) is 30.3. The molecule has 5 heteroatoms. The summed E-state index contributed by atoms with van der Waals surface area (Å²) < 4.78 is 0. The van der Waals surface area contributed by atoms with Crippen molar-refractivity contribution in [1.82, 2.24) is 9.80 Å². The number of carbonyl (C=O) groups excluding carboxylic acids is 2. The minimum Gasteiger partial charge on any atom is -0.369 e. The Hall–Kier alpha value is -1.10. The van der Waals surface area contributed by atoms with E-state index in [4.69, 9.17) is 5.73 Å². The van der Waals surface area contributed by atoms with Crippen LogP contribution in [0.5, 0.6) is 0 Å². The molecule has 3 rings (SSSR count). The SMILES string of the molecule is NC(=O)C1CCCN(C2CCN(C3CCC3)CC2)C1=O. The molecule has 3 fully saturated rings. The molecule has 2 N–H and O–H groups in total. The minimum atomic E-state index is -0.576. The lowest BCUT2D eigenvalue weighted by atomic mass is 9.88. The molecule has 2 heterocycles. The van der Waals surface area contributed by atoms with Crippen LogP contribution in [0, 0.1) is 5.92 Å². The van der Waals surface area contributed by atoms with Crippen molar-refractivity contribution >= 4 is 11.8 Å². The minimum absolute atomic E-state index is 0.0224. The van der Waals surface area contributed by atoms with Gasteiger partial charge in [-0.05, 0) is 38.5 Å². The largest absolute Gasteiger partial charge is 0.369 e. The Morgan fingerprint density at radius 2 is 1.65 bits per heavy atom. The summed E-state index contributed by atoms with van der Waals surface area (Å²) in [5.74, 6) is -1.05. The fourth-order valence-electron chi connectivity index (χ4n) is 3.84. The number of carbonyl (C=O) groups is 2. The first-order valence-corrected chi connectivity index (χ1v) is 8.00. The molecule has 2 amide bonds. The van der Waals surface area contributed by atoms with Crippen molar-refractivity contribution in [2.24, 2.45) is 11.7 Å². The van der Waals surface area contributed by atoms with Gasteiger partial charge in [0.2, 0.25) is 11.8 Å². The molecule has 0 aromatic carbocycles. The predicted octanol–water partition coefficient (Wildman–Crippen LogP) is 0.727. The van der Waals surface area contributed by atoms with Gasteiger partial charge in [-0.15, -0.1) is 0 Å². The fourth-order valence-corrected chi connectivity index (χ4v) is 3.84. The van der Waals surface area contributed by atoms with Gasteiger partial charge in [0.15, 0.2) is 0 Å². The molecule has 20 heavy (non-hydrogen) atoms. The summed E-state index contributed by atoms with van der Waals surface area (Å²) in [4.78, 5) is 28.2.